The maximum atomic E-state index is 12.5. The molecular weight excluding hydrogens is 365 g/mol. The van der Waals surface area contributed by atoms with Gasteiger partial charge in [0.2, 0.25) is 5.91 Å². The summed E-state index contributed by atoms with van der Waals surface area (Å²) in [4.78, 5) is 25.9. The highest BCUT2D eigenvalue weighted by atomic mass is 35.5. The molecule has 2 unspecified atom stereocenters. The smallest absolute Gasteiger partial charge is 0.266 e. The van der Waals surface area contributed by atoms with Crippen molar-refractivity contribution in [2.75, 3.05) is 25.5 Å². The fourth-order valence-electron chi connectivity index (χ4n) is 3.25. The average molecular weight is 392 g/mol. The lowest BCUT2D eigenvalue weighted by Crippen LogP contribution is -2.47. The molecule has 2 heterocycles. The van der Waals surface area contributed by atoms with Crippen LogP contribution in [-0.2, 0) is 11.8 Å². The lowest BCUT2D eigenvalue weighted by molar-refractivity contribution is -0.133. The van der Waals surface area contributed by atoms with E-state index in [0.717, 1.165) is 25.9 Å². The molecule has 2 rings (SSSR count). The highest BCUT2D eigenvalue weighted by Crippen LogP contribution is 2.33. The summed E-state index contributed by atoms with van der Waals surface area (Å²) in [7, 11) is 1.62. The number of amides is 1. The van der Waals surface area contributed by atoms with Crippen molar-refractivity contribution in [3.63, 3.8) is 0 Å². The summed E-state index contributed by atoms with van der Waals surface area (Å²) >= 11 is 5.84. The Morgan fingerprint density at radius 2 is 2.12 bits per heavy atom. The Kier molecular flexibility index (Phi) is 8.85. The van der Waals surface area contributed by atoms with Crippen LogP contribution in [-0.4, -0.2) is 52.1 Å². The van der Waals surface area contributed by atoms with E-state index in [1.807, 2.05) is 6.92 Å². The molecule has 0 aliphatic carbocycles. The number of carbonyl (C=O) groups excluding carboxylic acids is 1. The van der Waals surface area contributed by atoms with Gasteiger partial charge in [-0.25, -0.2) is 4.68 Å². The predicted molar refractivity (Wildman–Crippen MR) is 101 cm³/mol. The zero-order valence-corrected chi connectivity index (χ0v) is 16.2. The number of nitrogens with zero attached hydrogens (tertiary/aromatic N) is 3. The van der Waals surface area contributed by atoms with Crippen LogP contribution in [0.3, 0.4) is 0 Å². The maximum absolute atomic E-state index is 12.5. The third-order valence-corrected chi connectivity index (χ3v) is 4.60. The van der Waals surface area contributed by atoms with E-state index in [4.69, 9.17) is 17.3 Å². The Morgan fingerprint density at radius 3 is 2.64 bits per heavy atom. The van der Waals surface area contributed by atoms with Crippen LogP contribution in [0.25, 0.3) is 0 Å². The summed E-state index contributed by atoms with van der Waals surface area (Å²) in [5.41, 5.74) is 6.50. The van der Waals surface area contributed by atoms with Gasteiger partial charge in [0.15, 0.2) is 0 Å². The summed E-state index contributed by atoms with van der Waals surface area (Å²) in [6.07, 6.45) is 1.86. The molecule has 1 aliphatic heterocycles. The number of halogens is 2. The summed E-state index contributed by atoms with van der Waals surface area (Å²) in [5, 5.41) is 7.73. The first-order chi connectivity index (χ1) is 11.4. The highest BCUT2D eigenvalue weighted by Gasteiger charge is 2.34. The van der Waals surface area contributed by atoms with E-state index in [2.05, 4.69) is 10.4 Å². The van der Waals surface area contributed by atoms with Crippen molar-refractivity contribution in [2.24, 2.45) is 18.7 Å². The fraction of sp³-hybridized carbons (Fsp3) is 0.688. The molecule has 2 atom stereocenters. The zero-order chi connectivity index (χ0) is 17.7. The summed E-state index contributed by atoms with van der Waals surface area (Å²) in [6.45, 7) is 4.06. The van der Waals surface area contributed by atoms with Gasteiger partial charge in [0.25, 0.3) is 5.56 Å². The zero-order valence-electron chi connectivity index (χ0n) is 14.7. The topological polar surface area (TPSA) is 93.2 Å². The molecule has 0 bridgehead atoms. The minimum absolute atomic E-state index is 0. The number of rotatable bonds is 6. The average Bonchev–Trinajstić information content (AvgIpc) is 2.57. The molecule has 7 nitrogen and oxygen atoms in total. The molecule has 0 aromatic carbocycles. The number of alkyl halides is 1. The van der Waals surface area contributed by atoms with Crippen molar-refractivity contribution in [3.8, 4) is 0 Å². The molecule has 1 saturated heterocycles. The normalized spacial score (nSPS) is 17.4. The minimum atomic E-state index is -0.226. The van der Waals surface area contributed by atoms with Crippen LogP contribution in [0.4, 0.5) is 0 Å². The van der Waals surface area contributed by atoms with Crippen LogP contribution in [0.15, 0.2) is 16.9 Å². The molecule has 142 valence electrons. The standard InChI is InChI=1S/C16H26ClN5O2.ClH/c1-11(18)10-22(15(24)9-17)16(12-5-7-19-8-6-12)13-3-4-14(23)21(2)20-13;/h3-4,11-12,16,19H,5-10,18H2,1-2H3;1H. The molecular formula is C16H27Cl2N5O2. The minimum Gasteiger partial charge on any atom is -0.331 e. The van der Waals surface area contributed by atoms with Gasteiger partial charge in [0.1, 0.15) is 5.88 Å². The van der Waals surface area contributed by atoms with Crippen molar-refractivity contribution in [1.82, 2.24) is 20.0 Å². The first kappa shape index (κ1) is 21.9. The lowest BCUT2D eigenvalue weighted by Gasteiger charge is -2.39. The highest BCUT2D eigenvalue weighted by molar-refractivity contribution is 6.27. The largest absolute Gasteiger partial charge is 0.331 e. The Balaban J connectivity index is 0.00000312. The van der Waals surface area contributed by atoms with Gasteiger partial charge in [-0.2, -0.15) is 5.10 Å². The number of piperidine rings is 1. The van der Waals surface area contributed by atoms with Crippen LogP contribution in [0.5, 0.6) is 0 Å². The van der Waals surface area contributed by atoms with Crippen molar-refractivity contribution in [3.05, 3.63) is 28.2 Å². The van der Waals surface area contributed by atoms with Gasteiger partial charge >= 0.3 is 0 Å². The number of aromatic nitrogens is 2. The summed E-state index contributed by atoms with van der Waals surface area (Å²) in [5.74, 6) is -0.00438. The number of nitrogens with one attached hydrogen (secondary N) is 1. The van der Waals surface area contributed by atoms with E-state index in [1.54, 1.807) is 18.0 Å². The van der Waals surface area contributed by atoms with Crippen LogP contribution in [0.2, 0.25) is 0 Å². The fourth-order valence-corrected chi connectivity index (χ4v) is 3.40. The van der Waals surface area contributed by atoms with E-state index in [-0.39, 0.29) is 47.8 Å². The second-order valence-electron chi connectivity index (χ2n) is 6.41. The molecule has 1 aromatic heterocycles. The second kappa shape index (κ2) is 10.1. The van der Waals surface area contributed by atoms with Crippen molar-refractivity contribution < 1.29 is 4.79 Å². The molecule has 0 spiro atoms. The molecule has 0 radical (unpaired) electrons. The van der Waals surface area contributed by atoms with Gasteiger partial charge in [0.05, 0.1) is 11.7 Å². The molecule has 3 N–H and O–H groups in total. The number of carbonyl (C=O) groups is 1. The Hall–Kier alpha value is -1.15. The van der Waals surface area contributed by atoms with Crippen LogP contribution < -0.4 is 16.6 Å². The van der Waals surface area contributed by atoms with E-state index in [9.17, 15) is 9.59 Å². The van der Waals surface area contributed by atoms with Gasteiger partial charge < -0.3 is 16.0 Å². The molecule has 9 heteroatoms. The molecule has 1 aromatic rings. The third kappa shape index (κ3) is 5.67. The van der Waals surface area contributed by atoms with E-state index >= 15 is 0 Å². The van der Waals surface area contributed by atoms with Gasteiger partial charge in [-0.05, 0) is 44.8 Å². The van der Waals surface area contributed by atoms with Gasteiger partial charge in [-0.1, -0.05) is 0 Å². The predicted octanol–water partition coefficient (Wildman–Crippen LogP) is 0.657. The molecule has 1 fully saturated rings. The summed E-state index contributed by atoms with van der Waals surface area (Å²) in [6, 6.07) is 2.81. The number of hydrogen-bond acceptors (Lipinski definition) is 5. The quantitative estimate of drug-likeness (QED) is 0.694. The monoisotopic (exact) mass is 391 g/mol. The second-order valence-corrected chi connectivity index (χ2v) is 6.68. The maximum Gasteiger partial charge on any atom is 0.266 e. The first-order valence-electron chi connectivity index (χ1n) is 8.30. The van der Waals surface area contributed by atoms with Crippen LogP contribution >= 0.6 is 24.0 Å². The van der Waals surface area contributed by atoms with Gasteiger partial charge in [-0.3, -0.25) is 9.59 Å². The molecule has 1 aliphatic rings. The van der Waals surface area contributed by atoms with Gasteiger partial charge in [-0.15, -0.1) is 24.0 Å². The Bertz CT molecular complexity index is 617. The van der Waals surface area contributed by atoms with Crippen molar-refractivity contribution in [1.29, 1.82) is 0 Å². The van der Waals surface area contributed by atoms with Crippen LogP contribution in [0.1, 0.15) is 31.5 Å². The van der Waals surface area contributed by atoms with E-state index in [0.29, 0.717) is 12.2 Å². The molecule has 1 amide bonds. The molecule has 25 heavy (non-hydrogen) atoms. The third-order valence-electron chi connectivity index (χ3n) is 4.37. The number of aryl methyl sites for hydroxylation is 1. The number of nitrogens with two attached hydrogens (primary N) is 1. The van der Waals surface area contributed by atoms with Gasteiger partial charge in [0, 0.05) is 25.7 Å². The Morgan fingerprint density at radius 1 is 1.48 bits per heavy atom. The summed E-state index contributed by atoms with van der Waals surface area (Å²) < 4.78 is 1.30. The van der Waals surface area contributed by atoms with Crippen molar-refractivity contribution >= 4 is 29.9 Å². The van der Waals surface area contributed by atoms with Crippen molar-refractivity contribution in [2.45, 2.75) is 31.8 Å². The Labute approximate surface area is 159 Å². The number of hydrogen-bond donors (Lipinski definition) is 2. The SMILES string of the molecule is CC(N)CN(C(=O)CCl)C(c1ccc(=O)n(C)n1)C1CCNCC1.Cl. The first-order valence-corrected chi connectivity index (χ1v) is 8.83. The molecule has 0 saturated carbocycles. The van der Waals surface area contributed by atoms with Crippen LogP contribution in [0, 0.1) is 5.92 Å². The van der Waals surface area contributed by atoms with E-state index < -0.39 is 0 Å². The van der Waals surface area contributed by atoms with E-state index in [1.165, 1.54) is 10.7 Å². The lowest BCUT2D eigenvalue weighted by atomic mass is 9.86.